The number of amides is 1. The third kappa shape index (κ3) is 7.46. The number of hydrogen-bond donors (Lipinski definition) is 6. The second-order valence-electron chi connectivity index (χ2n) is 6.27. The maximum Gasteiger partial charge on any atom is 0.323 e. The molecule has 0 spiro atoms. The number of ether oxygens (including phenoxy) is 1. The normalized spacial score (nSPS) is 15.9. The number of aliphatic hydroxyl groups excluding tert-OH is 4. The van der Waals surface area contributed by atoms with Gasteiger partial charge in [-0.15, -0.1) is 0 Å². The molecule has 13 nitrogen and oxygen atoms in total. The molecular weight excluding hydrogens is 406 g/mol. The summed E-state index contributed by atoms with van der Waals surface area (Å²) >= 11 is 0. The van der Waals surface area contributed by atoms with Gasteiger partial charge in [-0.25, -0.2) is 0 Å². The molecule has 1 amide bonds. The molecule has 1 aromatic carbocycles. The number of nitrogens with zero attached hydrogens (tertiary/aromatic N) is 1. The highest BCUT2D eigenvalue weighted by atomic mass is 16.6. The van der Waals surface area contributed by atoms with Crippen molar-refractivity contribution in [2.45, 2.75) is 43.3 Å². The number of benzene rings is 1. The summed E-state index contributed by atoms with van der Waals surface area (Å²) in [4.78, 5) is 44.9. The van der Waals surface area contributed by atoms with Crippen LogP contribution in [0.5, 0.6) is 0 Å². The zero-order chi connectivity index (χ0) is 22.8. The summed E-state index contributed by atoms with van der Waals surface area (Å²) in [7, 11) is 0. The van der Waals surface area contributed by atoms with Crippen molar-refractivity contribution < 1.29 is 44.5 Å². The first-order valence-corrected chi connectivity index (χ1v) is 8.71. The molecule has 5 atom stereocenters. The Hall–Kier alpha value is -2.97. The Morgan fingerprint density at radius 2 is 1.80 bits per heavy atom. The molecule has 0 aliphatic rings. The van der Waals surface area contributed by atoms with Crippen LogP contribution < -0.4 is 11.1 Å². The predicted octanol–water partition coefficient (Wildman–Crippen LogP) is -2.17. The van der Waals surface area contributed by atoms with E-state index in [1.165, 1.54) is 24.3 Å². The first kappa shape index (κ1) is 25.1. The number of rotatable bonds is 12. The van der Waals surface area contributed by atoms with Crippen LogP contribution in [-0.2, 0) is 19.1 Å². The van der Waals surface area contributed by atoms with Crippen LogP contribution in [0.4, 0.5) is 11.4 Å². The van der Waals surface area contributed by atoms with Gasteiger partial charge in [0.25, 0.3) is 5.69 Å². The van der Waals surface area contributed by atoms with Crippen LogP contribution in [0.15, 0.2) is 24.3 Å². The van der Waals surface area contributed by atoms with Gasteiger partial charge in [0.1, 0.15) is 24.4 Å². The minimum absolute atomic E-state index is 0.0178. The number of aldehydes is 1. The van der Waals surface area contributed by atoms with Crippen molar-refractivity contribution in [3.05, 3.63) is 34.4 Å². The van der Waals surface area contributed by atoms with E-state index in [0.717, 1.165) is 0 Å². The minimum Gasteiger partial charge on any atom is -0.451 e. The van der Waals surface area contributed by atoms with Crippen molar-refractivity contribution in [2.75, 3.05) is 11.9 Å². The number of hydrogen-bond acceptors (Lipinski definition) is 11. The standard InChI is InChI=1S/C17H23N3O10/c18-11(17(27)30-13(8-22)16(26)15(25)12(23)7-21)5-6-14(24)19-9-1-3-10(4-2-9)20(28)29/h1-4,8,11-13,15-16,21,23,25-26H,5-7,18H2,(H,19,24)/t11-,12+,13+,15+,16+/m0/s1. The van der Waals surface area contributed by atoms with Crippen molar-refractivity contribution in [3.63, 3.8) is 0 Å². The SMILES string of the molecule is N[C@@H](CCC(=O)Nc1ccc([N+](=O)[O-])cc1)C(=O)O[C@H](C=O)[C@@H](O)[C@H](O)[C@H](O)CO. The first-order chi connectivity index (χ1) is 14.1. The molecule has 166 valence electrons. The molecular formula is C17H23N3O10. The van der Waals surface area contributed by atoms with E-state index in [1.54, 1.807) is 0 Å². The van der Waals surface area contributed by atoms with Gasteiger partial charge in [-0.3, -0.25) is 24.5 Å². The number of anilines is 1. The average Bonchev–Trinajstić information content (AvgIpc) is 2.74. The molecule has 0 aliphatic heterocycles. The van der Waals surface area contributed by atoms with E-state index < -0.39 is 53.9 Å². The van der Waals surface area contributed by atoms with Gasteiger partial charge in [-0.2, -0.15) is 0 Å². The monoisotopic (exact) mass is 429 g/mol. The van der Waals surface area contributed by atoms with Crippen LogP contribution >= 0.6 is 0 Å². The van der Waals surface area contributed by atoms with Crippen LogP contribution in [0.1, 0.15) is 12.8 Å². The van der Waals surface area contributed by atoms with Gasteiger partial charge in [-0.1, -0.05) is 0 Å². The molecule has 0 saturated heterocycles. The zero-order valence-corrected chi connectivity index (χ0v) is 15.7. The van der Waals surface area contributed by atoms with Crippen LogP contribution in [0.25, 0.3) is 0 Å². The Balaban J connectivity index is 2.53. The number of esters is 1. The quantitative estimate of drug-likeness (QED) is 0.0907. The van der Waals surface area contributed by atoms with Crippen molar-refractivity contribution in [2.24, 2.45) is 5.73 Å². The van der Waals surface area contributed by atoms with E-state index in [4.69, 9.17) is 15.6 Å². The van der Waals surface area contributed by atoms with Gasteiger partial charge in [0, 0.05) is 24.2 Å². The van der Waals surface area contributed by atoms with Gasteiger partial charge >= 0.3 is 5.97 Å². The summed E-state index contributed by atoms with van der Waals surface area (Å²) in [6.07, 6.45) is -7.99. The molecule has 30 heavy (non-hydrogen) atoms. The summed E-state index contributed by atoms with van der Waals surface area (Å²) in [5.41, 5.74) is 5.74. The third-order valence-corrected chi connectivity index (χ3v) is 4.00. The van der Waals surface area contributed by atoms with Crippen LogP contribution in [0.3, 0.4) is 0 Å². The predicted molar refractivity (Wildman–Crippen MR) is 100.0 cm³/mol. The smallest absolute Gasteiger partial charge is 0.323 e. The van der Waals surface area contributed by atoms with Gasteiger partial charge in [0.2, 0.25) is 5.91 Å². The van der Waals surface area contributed by atoms with E-state index in [-0.39, 0.29) is 24.8 Å². The van der Waals surface area contributed by atoms with Gasteiger partial charge < -0.3 is 36.2 Å². The van der Waals surface area contributed by atoms with Crippen LogP contribution in [-0.4, -0.2) is 80.6 Å². The van der Waals surface area contributed by atoms with E-state index in [1.807, 2.05) is 0 Å². The maximum atomic E-state index is 11.9. The van der Waals surface area contributed by atoms with Gasteiger partial charge in [0.05, 0.1) is 11.5 Å². The molecule has 0 radical (unpaired) electrons. The average molecular weight is 429 g/mol. The number of carbonyl (C=O) groups is 3. The van der Waals surface area contributed by atoms with E-state index in [2.05, 4.69) is 5.32 Å². The fraction of sp³-hybridized carbons (Fsp3) is 0.471. The molecule has 0 bridgehead atoms. The van der Waals surface area contributed by atoms with Crippen molar-refractivity contribution in [1.29, 1.82) is 0 Å². The number of non-ortho nitro benzene ring substituents is 1. The second kappa shape index (κ2) is 11.9. The fourth-order valence-electron chi connectivity index (χ4n) is 2.22. The highest BCUT2D eigenvalue weighted by Gasteiger charge is 2.34. The van der Waals surface area contributed by atoms with Crippen molar-refractivity contribution in [1.82, 2.24) is 0 Å². The molecule has 0 aliphatic carbocycles. The largest absolute Gasteiger partial charge is 0.451 e. The second-order valence-corrected chi connectivity index (χ2v) is 6.27. The number of carbonyl (C=O) groups excluding carboxylic acids is 3. The highest BCUT2D eigenvalue weighted by molar-refractivity contribution is 5.91. The van der Waals surface area contributed by atoms with Gasteiger partial charge in [-0.05, 0) is 18.6 Å². The number of nitro groups is 1. The third-order valence-electron chi connectivity index (χ3n) is 4.00. The molecule has 7 N–H and O–H groups in total. The number of nitro benzene ring substituents is 1. The Kier molecular flexibility index (Phi) is 9.94. The van der Waals surface area contributed by atoms with Crippen molar-refractivity contribution in [3.8, 4) is 0 Å². The number of aliphatic hydroxyl groups is 4. The molecule has 0 saturated carbocycles. The number of nitrogens with two attached hydrogens (primary N) is 1. The molecule has 0 aromatic heterocycles. The number of nitrogens with one attached hydrogen (secondary N) is 1. The van der Waals surface area contributed by atoms with E-state index in [0.29, 0.717) is 5.69 Å². The summed E-state index contributed by atoms with van der Waals surface area (Å²) in [5.74, 6) is -1.68. The van der Waals surface area contributed by atoms with Gasteiger partial charge in [0.15, 0.2) is 12.4 Å². The first-order valence-electron chi connectivity index (χ1n) is 8.71. The molecule has 0 unspecified atom stereocenters. The maximum absolute atomic E-state index is 11.9. The van der Waals surface area contributed by atoms with E-state index >= 15 is 0 Å². The molecule has 1 rings (SSSR count). The summed E-state index contributed by atoms with van der Waals surface area (Å²) in [5, 5.41) is 50.4. The van der Waals surface area contributed by atoms with Crippen molar-refractivity contribution >= 4 is 29.5 Å². The summed E-state index contributed by atoms with van der Waals surface area (Å²) in [6, 6.07) is 3.71. The lowest BCUT2D eigenvalue weighted by Gasteiger charge is -2.26. The molecule has 1 aromatic rings. The molecule has 0 heterocycles. The fourth-order valence-corrected chi connectivity index (χ4v) is 2.22. The Morgan fingerprint density at radius 3 is 2.30 bits per heavy atom. The summed E-state index contributed by atoms with van der Waals surface area (Å²) < 4.78 is 4.69. The lowest BCUT2D eigenvalue weighted by atomic mass is 10.0. The molecule has 0 fully saturated rings. The minimum atomic E-state index is -2.01. The topological polar surface area (TPSA) is 223 Å². The zero-order valence-electron chi connectivity index (χ0n) is 15.7. The Morgan fingerprint density at radius 1 is 1.20 bits per heavy atom. The highest BCUT2D eigenvalue weighted by Crippen LogP contribution is 2.16. The van der Waals surface area contributed by atoms with Crippen LogP contribution in [0, 0.1) is 10.1 Å². The van der Waals surface area contributed by atoms with Crippen LogP contribution in [0.2, 0.25) is 0 Å². The summed E-state index contributed by atoms with van der Waals surface area (Å²) in [6.45, 7) is -0.902. The Bertz CT molecular complexity index is 742. The lowest BCUT2D eigenvalue weighted by molar-refractivity contribution is -0.384. The Labute approximate surface area is 170 Å². The molecule has 13 heteroatoms. The van der Waals surface area contributed by atoms with E-state index in [9.17, 15) is 39.8 Å². The lowest BCUT2D eigenvalue weighted by Crippen LogP contribution is -2.49.